The van der Waals surface area contributed by atoms with E-state index in [0.717, 1.165) is 36.8 Å². The number of benzene rings is 1. The molecule has 0 radical (unpaired) electrons. The number of hydrogen-bond acceptors (Lipinski definition) is 6. The Morgan fingerprint density at radius 1 is 1.05 bits per heavy atom. The van der Waals surface area contributed by atoms with E-state index in [1.807, 2.05) is 24.3 Å². The van der Waals surface area contributed by atoms with Crippen LogP contribution < -0.4 is 5.73 Å². The van der Waals surface area contributed by atoms with Crippen LogP contribution in [0.15, 0.2) is 33.2 Å². The predicted molar refractivity (Wildman–Crippen MR) is 81.6 cm³/mol. The first kappa shape index (κ1) is 13.2. The average Bonchev–Trinajstić information content (AvgIpc) is 3.24. The van der Waals surface area contributed by atoms with Crippen molar-refractivity contribution in [3.8, 4) is 0 Å². The van der Waals surface area contributed by atoms with Crippen LogP contribution in [0.5, 0.6) is 0 Å². The first-order valence-electron chi connectivity index (χ1n) is 7.40. The minimum absolute atomic E-state index is 0.411. The lowest BCUT2D eigenvalue weighted by Crippen LogP contribution is -2.34. The van der Waals surface area contributed by atoms with E-state index in [0.29, 0.717) is 17.6 Å². The van der Waals surface area contributed by atoms with E-state index >= 15 is 0 Å². The van der Waals surface area contributed by atoms with Crippen molar-refractivity contribution in [2.45, 2.75) is 31.2 Å². The molecule has 0 unspecified atom stereocenters. The molecular formula is C16H16N4O2. The fourth-order valence-corrected chi connectivity index (χ4v) is 2.84. The summed E-state index contributed by atoms with van der Waals surface area (Å²) in [6.45, 7) is 0. The van der Waals surface area contributed by atoms with E-state index in [4.69, 9.17) is 14.7 Å². The van der Waals surface area contributed by atoms with Gasteiger partial charge in [-0.3, -0.25) is 0 Å². The SMILES string of the molecule is NC1(c2noc(/C=C/c3nc4ccccc4o3)n2)CCCC1. The van der Waals surface area contributed by atoms with Crippen LogP contribution in [0, 0.1) is 0 Å². The second-order valence-electron chi connectivity index (χ2n) is 5.67. The molecule has 0 amide bonds. The van der Waals surface area contributed by atoms with E-state index in [9.17, 15) is 0 Å². The Morgan fingerprint density at radius 3 is 2.64 bits per heavy atom. The largest absolute Gasteiger partial charge is 0.437 e. The van der Waals surface area contributed by atoms with Gasteiger partial charge in [0.1, 0.15) is 5.52 Å². The molecule has 3 aromatic rings. The molecule has 0 atom stereocenters. The summed E-state index contributed by atoms with van der Waals surface area (Å²) in [7, 11) is 0. The smallest absolute Gasteiger partial charge is 0.250 e. The Kier molecular flexibility index (Phi) is 3.04. The van der Waals surface area contributed by atoms with Crippen LogP contribution in [0.25, 0.3) is 23.3 Å². The molecule has 6 heteroatoms. The summed E-state index contributed by atoms with van der Waals surface area (Å²) in [4.78, 5) is 8.73. The van der Waals surface area contributed by atoms with Crippen molar-refractivity contribution in [3.05, 3.63) is 41.9 Å². The van der Waals surface area contributed by atoms with E-state index in [2.05, 4.69) is 15.1 Å². The standard InChI is InChI=1S/C16H16N4O2/c17-16(9-3-4-10-16)15-19-14(22-20-15)8-7-13-18-11-5-1-2-6-12(11)21-13/h1-2,5-8H,3-4,9-10,17H2/b8-7+. The predicted octanol–water partition coefficient (Wildman–Crippen LogP) is 3.11. The van der Waals surface area contributed by atoms with E-state index in [1.54, 1.807) is 12.2 Å². The molecule has 0 aliphatic heterocycles. The molecule has 2 N–H and O–H groups in total. The second kappa shape index (κ2) is 5.06. The summed E-state index contributed by atoms with van der Waals surface area (Å²) in [6.07, 6.45) is 7.44. The van der Waals surface area contributed by atoms with Crippen LogP contribution in [0.3, 0.4) is 0 Å². The lowest BCUT2D eigenvalue weighted by Gasteiger charge is -2.17. The van der Waals surface area contributed by atoms with Crippen molar-refractivity contribution in [3.63, 3.8) is 0 Å². The maximum atomic E-state index is 6.31. The van der Waals surface area contributed by atoms with Crippen molar-refractivity contribution in [2.75, 3.05) is 0 Å². The molecule has 1 aliphatic carbocycles. The molecule has 1 fully saturated rings. The number of nitrogens with two attached hydrogens (primary N) is 1. The van der Waals surface area contributed by atoms with Gasteiger partial charge in [0.2, 0.25) is 5.89 Å². The summed E-state index contributed by atoms with van der Waals surface area (Å²) in [5, 5.41) is 4.01. The van der Waals surface area contributed by atoms with Crippen molar-refractivity contribution in [1.82, 2.24) is 15.1 Å². The zero-order valence-electron chi connectivity index (χ0n) is 12.0. The monoisotopic (exact) mass is 296 g/mol. The number of hydrogen-bond donors (Lipinski definition) is 1. The number of fused-ring (bicyclic) bond motifs is 1. The lowest BCUT2D eigenvalue weighted by molar-refractivity contribution is 0.364. The van der Waals surface area contributed by atoms with Crippen molar-refractivity contribution >= 4 is 23.3 Å². The number of nitrogens with zero attached hydrogens (tertiary/aromatic N) is 3. The molecule has 0 saturated heterocycles. The molecular weight excluding hydrogens is 280 g/mol. The lowest BCUT2D eigenvalue weighted by atomic mass is 9.99. The molecule has 1 aromatic carbocycles. The molecule has 112 valence electrons. The van der Waals surface area contributed by atoms with Crippen LogP contribution in [-0.2, 0) is 5.54 Å². The van der Waals surface area contributed by atoms with Crippen LogP contribution in [0.1, 0.15) is 43.3 Å². The van der Waals surface area contributed by atoms with Crippen molar-refractivity contribution < 1.29 is 8.94 Å². The maximum absolute atomic E-state index is 6.31. The zero-order valence-corrected chi connectivity index (χ0v) is 12.0. The van der Waals surface area contributed by atoms with Crippen molar-refractivity contribution in [2.24, 2.45) is 5.73 Å². The summed E-state index contributed by atoms with van der Waals surface area (Å²) in [5.74, 6) is 1.50. The zero-order chi connectivity index (χ0) is 15.0. The first-order chi connectivity index (χ1) is 10.7. The number of oxazole rings is 1. The summed E-state index contributed by atoms with van der Waals surface area (Å²) >= 11 is 0. The molecule has 22 heavy (non-hydrogen) atoms. The number of rotatable bonds is 3. The molecule has 0 bridgehead atoms. The van der Waals surface area contributed by atoms with Gasteiger partial charge in [-0.1, -0.05) is 30.1 Å². The Hall–Kier alpha value is -2.47. The average molecular weight is 296 g/mol. The third kappa shape index (κ3) is 2.31. The molecule has 4 rings (SSSR count). The minimum Gasteiger partial charge on any atom is -0.437 e. The van der Waals surface area contributed by atoms with E-state index in [-0.39, 0.29) is 0 Å². The fraction of sp³-hybridized carbons (Fsp3) is 0.312. The normalized spacial score (nSPS) is 17.7. The third-order valence-electron chi connectivity index (χ3n) is 4.06. The third-order valence-corrected chi connectivity index (χ3v) is 4.06. The topological polar surface area (TPSA) is 91.0 Å². The maximum Gasteiger partial charge on any atom is 0.250 e. The van der Waals surface area contributed by atoms with Gasteiger partial charge in [0.15, 0.2) is 11.4 Å². The highest BCUT2D eigenvalue weighted by Crippen LogP contribution is 2.34. The molecule has 6 nitrogen and oxygen atoms in total. The summed E-state index contributed by atoms with van der Waals surface area (Å²) in [5.41, 5.74) is 7.44. The Balaban J connectivity index is 1.57. The second-order valence-corrected chi connectivity index (χ2v) is 5.67. The highest BCUT2D eigenvalue weighted by atomic mass is 16.5. The van der Waals surface area contributed by atoms with Crippen LogP contribution in [0.4, 0.5) is 0 Å². The van der Waals surface area contributed by atoms with Gasteiger partial charge >= 0.3 is 0 Å². The van der Waals surface area contributed by atoms with Crippen LogP contribution in [0.2, 0.25) is 0 Å². The van der Waals surface area contributed by atoms with Gasteiger partial charge in [-0.25, -0.2) is 4.98 Å². The fourth-order valence-electron chi connectivity index (χ4n) is 2.84. The molecule has 1 aliphatic rings. The quantitative estimate of drug-likeness (QED) is 0.798. The van der Waals surface area contributed by atoms with Crippen molar-refractivity contribution in [1.29, 1.82) is 0 Å². The Labute approximate surface area is 127 Å². The summed E-state index contributed by atoms with van der Waals surface area (Å²) in [6, 6.07) is 7.61. The van der Waals surface area contributed by atoms with E-state index in [1.165, 1.54) is 0 Å². The number of para-hydroxylation sites is 2. The van der Waals surface area contributed by atoms with Gasteiger partial charge in [-0.2, -0.15) is 4.98 Å². The Bertz CT molecular complexity index is 794. The van der Waals surface area contributed by atoms with Crippen LogP contribution in [-0.4, -0.2) is 15.1 Å². The Morgan fingerprint density at radius 2 is 1.82 bits per heavy atom. The van der Waals surface area contributed by atoms with Gasteiger partial charge in [0, 0.05) is 12.2 Å². The number of aromatic nitrogens is 3. The van der Waals surface area contributed by atoms with Gasteiger partial charge in [-0.15, -0.1) is 0 Å². The van der Waals surface area contributed by atoms with Gasteiger partial charge in [-0.05, 0) is 25.0 Å². The molecule has 2 heterocycles. The highest BCUT2D eigenvalue weighted by molar-refractivity contribution is 5.75. The molecule has 0 spiro atoms. The minimum atomic E-state index is -0.437. The highest BCUT2D eigenvalue weighted by Gasteiger charge is 2.35. The molecule has 2 aromatic heterocycles. The van der Waals surface area contributed by atoms with Crippen LogP contribution >= 0.6 is 0 Å². The van der Waals surface area contributed by atoms with Gasteiger partial charge < -0.3 is 14.7 Å². The van der Waals surface area contributed by atoms with Gasteiger partial charge in [0.05, 0.1) is 5.54 Å². The summed E-state index contributed by atoms with van der Waals surface area (Å²) < 4.78 is 10.8. The van der Waals surface area contributed by atoms with Gasteiger partial charge in [0.25, 0.3) is 5.89 Å². The first-order valence-corrected chi connectivity index (χ1v) is 7.40. The molecule has 1 saturated carbocycles. The van der Waals surface area contributed by atoms with E-state index < -0.39 is 5.54 Å².